The molecule has 2 aromatic carbocycles. The van der Waals surface area contributed by atoms with Gasteiger partial charge in [0, 0.05) is 39.6 Å². The summed E-state index contributed by atoms with van der Waals surface area (Å²) in [6.45, 7) is 12.9. The molecule has 3 aromatic rings. The average Bonchev–Trinajstić information content (AvgIpc) is 3.18. The van der Waals surface area contributed by atoms with Crippen molar-refractivity contribution < 1.29 is 24.3 Å². The molecule has 0 fully saturated rings. The quantitative estimate of drug-likeness (QED) is 0.447. The number of carbonyl (C=O) groups excluding carboxylic acids is 3. The van der Waals surface area contributed by atoms with Gasteiger partial charge in [0.2, 0.25) is 0 Å². The van der Waals surface area contributed by atoms with E-state index in [1.807, 2.05) is 41.3 Å². The first-order chi connectivity index (χ1) is 16.4. The van der Waals surface area contributed by atoms with Crippen molar-refractivity contribution >= 4 is 47.8 Å². The second-order valence-corrected chi connectivity index (χ2v) is 8.10. The monoisotopic (exact) mass is 485 g/mol. The standard InChI is InChI=1S/C23H22ClNO3.C2H6.2CH2O/c1-13-10-14(2)20-18(11-13)25-9-3-4-16(12-19(26)27)22(25)21(20)23(28)15-5-7-17(24)8-6-15;3*1-2/h5-8,10-11,16H,3-4,9,12H2,1-2H3,(H,26,27);1-2H3;2*1H2/t16-;;;/m1.../s1. The van der Waals surface area contributed by atoms with E-state index in [4.69, 9.17) is 21.2 Å². The molecule has 34 heavy (non-hydrogen) atoms. The lowest BCUT2D eigenvalue weighted by Gasteiger charge is -2.25. The molecule has 0 unspecified atom stereocenters. The van der Waals surface area contributed by atoms with Crippen molar-refractivity contribution in [1.29, 1.82) is 0 Å². The summed E-state index contributed by atoms with van der Waals surface area (Å²) in [5, 5.41) is 11.0. The third kappa shape index (κ3) is 6.00. The zero-order valence-electron chi connectivity index (χ0n) is 20.2. The Kier molecular flexibility index (Phi) is 11.4. The SMILES string of the molecule is C=O.C=O.CC.Cc1cc(C)c2c(C(=O)c3ccc(Cl)cc3)c3n(c2c1)CCC[C@@H]3CC(=O)O. The zero-order chi connectivity index (χ0) is 26.0. The Labute approximate surface area is 205 Å². The lowest BCUT2D eigenvalue weighted by atomic mass is 9.87. The van der Waals surface area contributed by atoms with E-state index >= 15 is 0 Å². The molecule has 4 rings (SSSR count). The van der Waals surface area contributed by atoms with Crippen LogP contribution < -0.4 is 0 Å². The third-order valence-corrected chi connectivity index (χ3v) is 5.87. The Bertz CT molecular complexity index is 1130. The number of hydrogen-bond acceptors (Lipinski definition) is 4. The van der Waals surface area contributed by atoms with E-state index in [2.05, 4.69) is 16.7 Å². The molecule has 0 spiro atoms. The van der Waals surface area contributed by atoms with Gasteiger partial charge in [-0.05, 0) is 68.1 Å². The number of carboxylic acid groups (broad SMARTS) is 1. The molecule has 7 heteroatoms. The number of fused-ring (bicyclic) bond motifs is 3. The summed E-state index contributed by atoms with van der Waals surface area (Å²) in [7, 11) is 0. The van der Waals surface area contributed by atoms with Gasteiger partial charge in [0.15, 0.2) is 5.78 Å². The van der Waals surface area contributed by atoms with E-state index in [0.717, 1.165) is 47.1 Å². The van der Waals surface area contributed by atoms with Gasteiger partial charge in [0.25, 0.3) is 0 Å². The van der Waals surface area contributed by atoms with Crippen molar-refractivity contribution in [3.63, 3.8) is 0 Å². The summed E-state index contributed by atoms with van der Waals surface area (Å²) >= 11 is 5.99. The summed E-state index contributed by atoms with van der Waals surface area (Å²) in [6.07, 6.45) is 1.73. The van der Waals surface area contributed by atoms with Crippen molar-refractivity contribution in [1.82, 2.24) is 4.57 Å². The minimum absolute atomic E-state index is 0.0370. The second-order valence-electron chi connectivity index (χ2n) is 7.66. The van der Waals surface area contributed by atoms with Crippen LogP contribution in [0.4, 0.5) is 0 Å². The van der Waals surface area contributed by atoms with Gasteiger partial charge in [-0.25, -0.2) is 0 Å². The molecular formula is C27H32ClNO5. The van der Waals surface area contributed by atoms with E-state index in [-0.39, 0.29) is 18.1 Å². The Hall–Kier alpha value is -3.25. The Balaban J connectivity index is 0.000000894. The van der Waals surface area contributed by atoms with Gasteiger partial charge in [-0.3, -0.25) is 9.59 Å². The minimum atomic E-state index is -0.832. The number of rotatable bonds is 4. The molecular weight excluding hydrogens is 454 g/mol. The normalized spacial score (nSPS) is 13.7. The molecule has 1 aliphatic heterocycles. The van der Waals surface area contributed by atoms with Gasteiger partial charge in [0.1, 0.15) is 13.6 Å². The van der Waals surface area contributed by atoms with E-state index in [1.54, 1.807) is 24.3 Å². The van der Waals surface area contributed by atoms with Crippen molar-refractivity contribution in [3.8, 4) is 0 Å². The van der Waals surface area contributed by atoms with Gasteiger partial charge in [-0.2, -0.15) is 0 Å². The molecule has 182 valence electrons. The van der Waals surface area contributed by atoms with E-state index in [9.17, 15) is 14.7 Å². The molecule has 0 bridgehead atoms. The summed E-state index contributed by atoms with van der Waals surface area (Å²) in [6, 6.07) is 11.1. The highest BCUT2D eigenvalue weighted by Crippen LogP contribution is 2.41. The average molecular weight is 486 g/mol. The molecule has 0 saturated heterocycles. The Morgan fingerprint density at radius 1 is 1.06 bits per heavy atom. The van der Waals surface area contributed by atoms with Crippen LogP contribution in [0.3, 0.4) is 0 Å². The highest BCUT2D eigenvalue weighted by molar-refractivity contribution is 6.30. The maximum atomic E-state index is 13.6. The zero-order valence-corrected chi connectivity index (χ0v) is 20.9. The molecule has 0 saturated carbocycles. The molecule has 0 radical (unpaired) electrons. The molecule has 6 nitrogen and oxygen atoms in total. The van der Waals surface area contributed by atoms with Crippen LogP contribution in [0.1, 0.15) is 71.8 Å². The van der Waals surface area contributed by atoms with Gasteiger partial charge in [0.05, 0.1) is 12.0 Å². The number of halogens is 1. The smallest absolute Gasteiger partial charge is 0.304 e. The predicted molar refractivity (Wildman–Crippen MR) is 136 cm³/mol. The summed E-state index contributed by atoms with van der Waals surface area (Å²) in [4.78, 5) is 41.1. The number of benzene rings is 2. The van der Waals surface area contributed by atoms with Crippen molar-refractivity contribution in [3.05, 3.63) is 69.4 Å². The summed E-state index contributed by atoms with van der Waals surface area (Å²) < 4.78 is 2.18. The molecule has 0 amide bonds. The summed E-state index contributed by atoms with van der Waals surface area (Å²) in [5.41, 5.74) is 5.30. The first-order valence-electron chi connectivity index (χ1n) is 11.1. The molecule has 1 atom stereocenters. The number of ketones is 1. The van der Waals surface area contributed by atoms with E-state index in [1.165, 1.54) is 0 Å². The van der Waals surface area contributed by atoms with Crippen LogP contribution in [0.15, 0.2) is 36.4 Å². The highest BCUT2D eigenvalue weighted by atomic mass is 35.5. The van der Waals surface area contributed by atoms with Gasteiger partial charge >= 0.3 is 5.97 Å². The van der Waals surface area contributed by atoms with Crippen LogP contribution in [0, 0.1) is 13.8 Å². The second kappa shape index (κ2) is 13.5. The fourth-order valence-electron chi connectivity index (χ4n) is 4.56. The Morgan fingerprint density at radius 2 is 1.65 bits per heavy atom. The number of nitrogens with zero attached hydrogens (tertiary/aromatic N) is 1. The van der Waals surface area contributed by atoms with Crippen molar-refractivity contribution in [2.75, 3.05) is 0 Å². The lowest BCUT2D eigenvalue weighted by molar-refractivity contribution is -0.137. The number of hydrogen-bond donors (Lipinski definition) is 1. The van der Waals surface area contributed by atoms with E-state index in [0.29, 0.717) is 16.1 Å². The van der Waals surface area contributed by atoms with Crippen LogP contribution in [0.2, 0.25) is 5.02 Å². The van der Waals surface area contributed by atoms with Crippen molar-refractivity contribution in [2.24, 2.45) is 0 Å². The topological polar surface area (TPSA) is 93.4 Å². The summed E-state index contributed by atoms with van der Waals surface area (Å²) in [5.74, 6) is -1.06. The maximum absolute atomic E-state index is 13.6. The third-order valence-electron chi connectivity index (χ3n) is 5.62. The molecule has 0 aliphatic carbocycles. The minimum Gasteiger partial charge on any atom is -0.481 e. The molecule has 1 aromatic heterocycles. The number of carboxylic acids is 1. The number of aromatic nitrogens is 1. The van der Waals surface area contributed by atoms with Crippen molar-refractivity contribution in [2.45, 2.75) is 59.4 Å². The first-order valence-corrected chi connectivity index (χ1v) is 11.5. The van der Waals surface area contributed by atoms with Gasteiger partial charge in [-0.1, -0.05) is 31.5 Å². The fourth-order valence-corrected chi connectivity index (χ4v) is 4.68. The molecule has 2 heterocycles. The lowest BCUT2D eigenvalue weighted by Crippen LogP contribution is -2.20. The molecule has 1 aliphatic rings. The van der Waals surface area contributed by atoms with Crippen LogP contribution in [0.25, 0.3) is 10.9 Å². The van der Waals surface area contributed by atoms with Gasteiger partial charge < -0.3 is 19.3 Å². The number of aryl methyl sites for hydroxylation is 3. The van der Waals surface area contributed by atoms with Crippen LogP contribution >= 0.6 is 11.6 Å². The van der Waals surface area contributed by atoms with Gasteiger partial charge in [-0.15, -0.1) is 0 Å². The van der Waals surface area contributed by atoms with E-state index < -0.39 is 5.97 Å². The largest absolute Gasteiger partial charge is 0.481 e. The highest BCUT2D eigenvalue weighted by Gasteiger charge is 2.32. The number of carbonyl (C=O) groups is 4. The van der Waals surface area contributed by atoms with Crippen LogP contribution in [-0.2, 0) is 20.9 Å². The van der Waals surface area contributed by atoms with Crippen LogP contribution in [-0.4, -0.2) is 35.0 Å². The predicted octanol–water partition coefficient (Wildman–Crippen LogP) is 6.15. The van der Waals surface area contributed by atoms with Crippen LogP contribution in [0.5, 0.6) is 0 Å². The Morgan fingerprint density at radius 3 is 2.21 bits per heavy atom. The number of aliphatic carboxylic acids is 1. The fraction of sp³-hybridized carbons (Fsp3) is 0.333. The first kappa shape index (κ1) is 28.8. The molecule has 1 N–H and O–H groups in total. The maximum Gasteiger partial charge on any atom is 0.304 e.